The van der Waals surface area contributed by atoms with E-state index in [1.807, 2.05) is 0 Å². The predicted molar refractivity (Wildman–Crippen MR) is 88.6 cm³/mol. The van der Waals surface area contributed by atoms with Gasteiger partial charge in [-0.2, -0.15) is 0 Å². The molecule has 0 fully saturated rings. The number of anilines is 3. The molecule has 124 valence electrons. The van der Waals surface area contributed by atoms with Crippen LogP contribution in [0.25, 0.3) is 0 Å². The summed E-state index contributed by atoms with van der Waals surface area (Å²) in [4.78, 5) is 33.3. The number of nitro groups is 2. The summed E-state index contributed by atoms with van der Waals surface area (Å²) in [6.07, 6.45) is 0. The molecule has 9 heteroatoms. The molecule has 0 aliphatic heterocycles. The molecule has 0 atom stereocenters. The molecule has 0 radical (unpaired) electrons. The molecule has 24 heavy (non-hydrogen) atoms. The minimum Gasteiger partial charge on any atom is -0.350 e. The van der Waals surface area contributed by atoms with E-state index in [4.69, 9.17) is 0 Å². The Kier molecular flexibility index (Phi) is 4.73. The zero-order valence-corrected chi connectivity index (χ0v) is 12.9. The van der Waals surface area contributed by atoms with Crippen LogP contribution in [0.4, 0.5) is 28.4 Å². The zero-order chi connectivity index (χ0) is 17.9. The molecule has 2 aromatic rings. The quantitative estimate of drug-likeness (QED) is 0.664. The summed E-state index contributed by atoms with van der Waals surface area (Å²) in [5.74, 6) is -0.159. The van der Waals surface area contributed by atoms with Crippen LogP contribution in [0.3, 0.4) is 0 Å². The zero-order valence-electron chi connectivity index (χ0n) is 12.9. The number of nitrogens with zero attached hydrogens (tertiary/aromatic N) is 3. The molecule has 0 bridgehead atoms. The van der Waals surface area contributed by atoms with Gasteiger partial charge in [-0.05, 0) is 24.3 Å². The van der Waals surface area contributed by atoms with E-state index in [2.05, 4.69) is 5.32 Å². The summed E-state index contributed by atoms with van der Waals surface area (Å²) in [5, 5.41) is 24.7. The Morgan fingerprint density at radius 2 is 1.79 bits per heavy atom. The molecular formula is C15H14N4O5. The monoisotopic (exact) mass is 330 g/mol. The lowest BCUT2D eigenvalue weighted by atomic mass is 10.2. The molecule has 0 unspecified atom stereocenters. The summed E-state index contributed by atoms with van der Waals surface area (Å²) in [7, 11) is 1.61. The number of carbonyl (C=O) groups excluding carboxylic acids is 1. The van der Waals surface area contributed by atoms with Crippen molar-refractivity contribution in [2.24, 2.45) is 0 Å². The van der Waals surface area contributed by atoms with Crippen molar-refractivity contribution in [1.29, 1.82) is 0 Å². The van der Waals surface area contributed by atoms with Gasteiger partial charge in [0.2, 0.25) is 5.91 Å². The SMILES string of the molecule is CC(=O)N(C)c1cccc(Nc2ccc([N+](=O)[O-])cc2[N+](=O)[O-])c1. The highest BCUT2D eigenvalue weighted by molar-refractivity contribution is 5.91. The molecule has 2 rings (SSSR count). The van der Waals surface area contributed by atoms with Gasteiger partial charge >= 0.3 is 0 Å². The second kappa shape index (κ2) is 6.73. The van der Waals surface area contributed by atoms with Crippen LogP contribution in [0.1, 0.15) is 6.92 Å². The molecule has 0 spiro atoms. The summed E-state index contributed by atoms with van der Waals surface area (Å²) in [5.41, 5.74) is 0.467. The van der Waals surface area contributed by atoms with Crippen LogP contribution in [0.5, 0.6) is 0 Å². The Morgan fingerprint density at radius 1 is 1.08 bits per heavy atom. The number of nitro benzene ring substituents is 2. The van der Waals surface area contributed by atoms with Crippen molar-refractivity contribution in [3.63, 3.8) is 0 Å². The standard InChI is InChI=1S/C15H14N4O5/c1-10(20)17(2)12-5-3-4-11(8-12)16-14-7-6-13(18(21)22)9-15(14)19(23)24/h3-9,16H,1-2H3. The number of carbonyl (C=O) groups is 1. The molecular weight excluding hydrogens is 316 g/mol. The van der Waals surface area contributed by atoms with Crippen molar-refractivity contribution in [3.05, 3.63) is 62.7 Å². The Bertz CT molecular complexity index is 821. The third-order valence-corrected chi connectivity index (χ3v) is 3.37. The van der Waals surface area contributed by atoms with Gasteiger partial charge in [0.15, 0.2) is 0 Å². The van der Waals surface area contributed by atoms with E-state index in [0.29, 0.717) is 11.4 Å². The maximum absolute atomic E-state index is 11.4. The summed E-state index contributed by atoms with van der Waals surface area (Å²) >= 11 is 0. The Morgan fingerprint density at radius 3 is 2.38 bits per heavy atom. The van der Waals surface area contributed by atoms with Gasteiger partial charge in [-0.1, -0.05) is 6.07 Å². The minimum absolute atomic E-state index is 0.119. The molecule has 9 nitrogen and oxygen atoms in total. The summed E-state index contributed by atoms with van der Waals surface area (Å²) < 4.78 is 0. The second-order valence-corrected chi connectivity index (χ2v) is 4.97. The third-order valence-electron chi connectivity index (χ3n) is 3.37. The van der Waals surface area contributed by atoms with E-state index < -0.39 is 15.5 Å². The Balaban J connectivity index is 2.38. The molecule has 1 N–H and O–H groups in total. The van der Waals surface area contributed by atoms with Gasteiger partial charge in [-0.3, -0.25) is 25.0 Å². The fraction of sp³-hybridized carbons (Fsp3) is 0.133. The van der Waals surface area contributed by atoms with Gasteiger partial charge < -0.3 is 10.2 Å². The van der Waals surface area contributed by atoms with Crippen LogP contribution in [0.15, 0.2) is 42.5 Å². The number of rotatable bonds is 5. The topological polar surface area (TPSA) is 119 Å². The molecule has 0 aliphatic rings. The van der Waals surface area contributed by atoms with Crippen LogP contribution in [-0.2, 0) is 4.79 Å². The molecule has 2 aromatic carbocycles. The Hall–Kier alpha value is -3.49. The van der Waals surface area contributed by atoms with E-state index in [0.717, 1.165) is 6.07 Å². The molecule has 0 aliphatic carbocycles. The van der Waals surface area contributed by atoms with Crippen molar-refractivity contribution in [3.8, 4) is 0 Å². The molecule has 0 heterocycles. The van der Waals surface area contributed by atoms with Crippen LogP contribution < -0.4 is 10.2 Å². The van der Waals surface area contributed by atoms with Crippen molar-refractivity contribution in [2.75, 3.05) is 17.3 Å². The normalized spacial score (nSPS) is 10.1. The Labute approximate surface area is 136 Å². The maximum atomic E-state index is 11.4. The van der Waals surface area contributed by atoms with Crippen molar-refractivity contribution in [1.82, 2.24) is 0 Å². The van der Waals surface area contributed by atoms with Gasteiger partial charge in [-0.15, -0.1) is 0 Å². The summed E-state index contributed by atoms with van der Waals surface area (Å²) in [6.45, 7) is 1.42. The number of amides is 1. The molecule has 0 saturated heterocycles. The van der Waals surface area contributed by atoms with Gasteiger partial charge in [-0.25, -0.2) is 0 Å². The van der Waals surface area contributed by atoms with Gasteiger partial charge in [0.1, 0.15) is 5.69 Å². The average Bonchev–Trinajstić information content (AvgIpc) is 2.54. The average molecular weight is 330 g/mol. The first-order valence-corrected chi connectivity index (χ1v) is 6.84. The predicted octanol–water partition coefficient (Wildman–Crippen LogP) is 3.23. The lowest BCUT2D eigenvalue weighted by molar-refractivity contribution is -0.393. The number of non-ortho nitro benzene ring substituents is 1. The third kappa shape index (κ3) is 3.64. The fourth-order valence-electron chi connectivity index (χ4n) is 2.02. The fourth-order valence-corrected chi connectivity index (χ4v) is 2.02. The smallest absolute Gasteiger partial charge is 0.299 e. The van der Waals surface area contributed by atoms with E-state index >= 15 is 0 Å². The second-order valence-electron chi connectivity index (χ2n) is 4.97. The first-order chi connectivity index (χ1) is 11.3. The van der Waals surface area contributed by atoms with Gasteiger partial charge in [0.05, 0.1) is 15.9 Å². The van der Waals surface area contributed by atoms with E-state index in [1.54, 1.807) is 31.3 Å². The van der Waals surface area contributed by atoms with Crippen LogP contribution in [0.2, 0.25) is 0 Å². The summed E-state index contributed by atoms with van der Waals surface area (Å²) in [6, 6.07) is 10.1. The molecule has 0 aromatic heterocycles. The highest BCUT2D eigenvalue weighted by atomic mass is 16.6. The number of hydrogen-bond acceptors (Lipinski definition) is 6. The number of benzene rings is 2. The number of nitrogens with one attached hydrogen (secondary N) is 1. The molecule has 0 saturated carbocycles. The van der Waals surface area contributed by atoms with E-state index in [-0.39, 0.29) is 17.3 Å². The minimum atomic E-state index is -0.695. The van der Waals surface area contributed by atoms with Gasteiger partial charge in [0.25, 0.3) is 11.4 Å². The van der Waals surface area contributed by atoms with E-state index in [1.165, 1.54) is 24.0 Å². The highest BCUT2D eigenvalue weighted by Crippen LogP contribution is 2.32. The van der Waals surface area contributed by atoms with E-state index in [9.17, 15) is 25.0 Å². The lowest BCUT2D eigenvalue weighted by Gasteiger charge is -2.16. The highest BCUT2D eigenvalue weighted by Gasteiger charge is 2.19. The molecule has 1 amide bonds. The first kappa shape index (κ1) is 16.9. The van der Waals surface area contributed by atoms with Gasteiger partial charge in [0, 0.05) is 31.4 Å². The lowest BCUT2D eigenvalue weighted by Crippen LogP contribution is -2.22. The van der Waals surface area contributed by atoms with Crippen LogP contribution in [-0.4, -0.2) is 22.8 Å². The van der Waals surface area contributed by atoms with Crippen LogP contribution in [0, 0.1) is 20.2 Å². The van der Waals surface area contributed by atoms with Crippen LogP contribution >= 0.6 is 0 Å². The maximum Gasteiger partial charge on any atom is 0.299 e. The van der Waals surface area contributed by atoms with Crippen molar-refractivity contribution < 1.29 is 14.6 Å². The van der Waals surface area contributed by atoms with Crippen molar-refractivity contribution >= 4 is 34.3 Å². The largest absolute Gasteiger partial charge is 0.350 e. The number of hydrogen-bond donors (Lipinski definition) is 1. The first-order valence-electron chi connectivity index (χ1n) is 6.84. The van der Waals surface area contributed by atoms with Crippen molar-refractivity contribution in [2.45, 2.75) is 6.92 Å².